The van der Waals surface area contributed by atoms with Crippen LogP contribution in [0, 0.1) is 0 Å². The Labute approximate surface area is 121 Å². The van der Waals surface area contributed by atoms with Crippen LogP contribution in [0.1, 0.15) is 55.8 Å². The van der Waals surface area contributed by atoms with Gasteiger partial charge in [0, 0.05) is 0 Å². The zero-order chi connectivity index (χ0) is 13.2. The lowest BCUT2D eigenvalue weighted by Gasteiger charge is -2.06. The molecule has 1 aromatic carbocycles. The van der Waals surface area contributed by atoms with Gasteiger partial charge in [-0.15, -0.1) is 12.4 Å². The lowest BCUT2D eigenvalue weighted by Crippen LogP contribution is -1.99. The molecule has 1 N–H and O–H groups in total. The molecule has 0 aliphatic rings. The summed E-state index contributed by atoms with van der Waals surface area (Å²) in [6.07, 6.45) is 7.43. The molecule has 4 heteroatoms. The zero-order valence-corrected chi connectivity index (χ0v) is 12.2. The standard InChI is InChI=1S/C15H22O3.ClH/c1-2-3-4-5-6-7-12-18-14-10-8-13(9-11-14)15(16)17;/h8-11H,2-7,12H2,1H3,(H,16,17);1H. The second kappa shape index (κ2) is 10.7. The molecular formula is C15H23ClO3. The topological polar surface area (TPSA) is 46.5 Å². The van der Waals surface area contributed by atoms with Gasteiger partial charge in [-0.05, 0) is 30.7 Å². The van der Waals surface area contributed by atoms with Gasteiger partial charge in [0.2, 0.25) is 0 Å². The third-order valence-corrected chi connectivity index (χ3v) is 2.87. The number of halogens is 1. The van der Waals surface area contributed by atoms with E-state index in [1.165, 1.54) is 32.1 Å². The summed E-state index contributed by atoms with van der Waals surface area (Å²) < 4.78 is 5.55. The second-order valence-corrected chi connectivity index (χ2v) is 4.45. The average Bonchev–Trinajstić information content (AvgIpc) is 2.38. The number of hydrogen-bond donors (Lipinski definition) is 1. The minimum Gasteiger partial charge on any atom is -0.494 e. The number of rotatable bonds is 9. The number of unbranched alkanes of at least 4 members (excludes halogenated alkanes) is 5. The fourth-order valence-electron chi connectivity index (χ4n) is 1.77. The number of carboxylic acid groups (broad SMARTS) is 1. The lowest BCUT2D eigenvalue weighted by molar-refractivity contribution is 0.0697. The van der Waals surface area contributed by atoms with E-state index in [-0.39, 0.29) is 12.4 Å². The molecule has 0 radical (unpaired) electrons. The van der Waals surface area contributed by atoms with Gasteiger partial charge in [0.05, 0.1) is 12.2 Å². The van der Waals surface area contributed by atoms with Crippen LogP contribution in [-0.4, -0.2) is 17.7 Å². The lowest BCUT2D eigenvalue weighted by atomic mass is 10.1. The highest BCUT2D eigenvalue weighted by Gasteiger charge is 2.01. The summed E-state index contributed by atoms with van der Waals surface area (Å²) in [5.74, 6) is -0.161. The van der Waals surface area contributed by atoms with Gasteiger partial charge in [-0.2, -0.15) is 0 Å². The van der Waals surface area contributed by atoms with Gasteiger partial charge in [-0.1, -0.05) is 39.0 Å². The molecule has 0 atom stereocenters. The summed E-state index contributed by atoms with van der Waals surface area (Å²) in [5.41, 5.74) is 0.293. The number of carboxylic acids is 1. The van der Waals surface area contributed by atoms with Crippen LogP contribution in [0.4, 0.5) is 0 Å². The molecular weight excluding hydrogens is 264 g/mol. The van der Waals surface area contributed by atoms with E-state index in [0.29, 0.717) is 12.2 Å². The quantitative estimate of drug-likeness (QED) is 0.678. The number of hydrogen-bond acceptors (Lipinski definition) is 2. The first-order valence-electron chi connectivity index (χ1n) is 6.70. The monoisotopic (exact) mass is 286 g/mol. The summed E-state index contributed by atoms with van der Waals surface area (Å²) in [6, 6.07) is 6.55. The molecule has 0 aliphatic heterocycles. The van der Waals surface area contributed by atoms with E-state index in [1.807, 2.05) is 0 Å². The molecule has 0 aliphatic carbocycles. The normalized spacial score (nSPS) is 9.74. The van der Waals surface area contributed by atoms with Crippen LogP contribution < -0.4 is 4.74 Å². The van der Waals surface area contributed by atoms with E-state index < -0.39 is 5.97 Å². The number of aromatic carboxylic acids is 1. The first kappa shape index (κ1) is 17.8. The Morgan fingerprint density at radius 3 is 2.21 bits per heavy atom. The van der Waals surface area contributed by atoms with Crippen LogP contribution >= 0.6 is 12.4 Å². The number of benzene rings is 1. The van der Waals surface area contributed by atoms with E-state index in [1.54, 1.807) is 24.3 Å². The summed E-state index contributed by atoms with van der Waals surface area (Å²) >= 11 is 0. The summed E-state index contributed by atoms with van der Waals surface area (Å²) in [5, 5.41) is 8.75. The van der Waals surface area contributed by atoms with Gasteiger partial charge in [0.15, 0.2) is 0 Å². The maximum Gasteiger partial charge on any atom is 0.335 e. The van der Waals surface area contributed by atoms with Crippen LogP contribution in [0.3, 0.4) is 0 Å². The average molecular weight is 287 g/mol. The molecule has 0 heterocycles. The minimum atomic E-state index is -0.905. The van der Waals surface area contributed by atoms with Gasteiger partial charge in [0.25, 0.3) is 0 Å². The predicted octanol–water partition coefficient (Wildman–Crippen LogP) is 4.55. The highest BCUT2D eigenvalue weighted by atomic mass is 35.5. The Morgan fingerprint density at radius 1 is 1.05 bits per heavy atom. The van der Waals surface area contributed by atoms with Crippen molar-refractivity contribution in [2.24, 2.45) is 0 Å². The van der Waals surface area contributed by atoms with Crippen molar-refractivity contribution >= 4 is 18.4 Å². The Balaban J connectivity index is 0.00000324. The van der Waals surface area contributed by atoms with E-state index in [9.17, 15) is 4.79 Å². The van der Waals surface area contributed by atoms with Crippen molar-refractivity contribution in [3.05, 3.63) is 29.8 Å². The van der Waals surface area contributed by atoms with Gasteiger partial charge < -0.3 is 9.84 Å². The zero-order valence-electron chi connectivity index (χ0n) is 11.4. The third kappa shape index (κ3) is 7.73. The van der Waals surface area contributed by atoms with Crippen LogP contribution in [0.2, 0.25) is 0 Å². The van der Waals surface area contributed by atoms with Gasteiger partial charge in [-0.3, -0.25) is 0 Å². The molecule has 1 rings (SSSR count). The highest BCUT2D eigenvalue weighted by molar-refractivity contribution is 5.87. The molecule has 1 aromatic rings. The maximum absolute atomic E-state index is 10.7. The molecule has 0 amide bonds. The van der Waals surface area contributed by atoms with E-state index >= 15 is 0 Å². The van der Waals surface area contributed by atoms with Crippen LogP contribution in [0.5, 0.6) is 5.75 Å². The van der Waals surface area contributed by atoms with E-state index in [2.05, 4.69) is 6.92 Å². The fourth-order valence-corrected chi connectivity index (χ4v) is 1.77. The number of ether oxygens (including phenoxy) is 1. The molecule has 19 heavy (non-hydrogen) atoms. The first-order valence-corrected chi connectivity index (χ1v) is 6.70. The van der Waals surface area contributed by atoms with Crippen LogP contribution in [0.15, 0.2) is 24.3 Å². The van der Waals surface area contributed by atoms with Crippen molar-refractivity contribution in [2.75, 3.05) is 6.61 Å². The van der Waals surface area contributed by atoms with Crippen molar-refractivity contribution in [1.82, 2.24) is 0 Å². The summed E-state index contributed by atoms with van der Waals surface area (Å²) in [4.78, 5) is 10.7. The highest BCUT2D eigenvalue weighted by Crippen LogP contribution is 2.13. The molecule has 0 bridgehead atoms. The Hall–Kier alpha value is -1.22. The Kier molecular flexibility index (Phi) is 9.99. The van der Waals surface area contributed by atoms with Gasteiger partial charge >= 0.3 is 5.97 Å². The Morgan fingerprint density at radius 2 is 1.63 bits per heavy atom. The van der Waals surface area contributed by atoms with Crippen molar-refractivity contribution in [3.8, 4) is 5.75 Å². The molecule has 0 aromatic heterocycles. The van der Waals surface area contributed by atoms with Crippen molar-refractivity contribution < 1.29 is 14.6 Å². The molecule has 0 saturated carbocycles. The van der Waals surface area contributed by atoms with Crippen molar-refractivity contribution in [1.29, 1.82) is 0 Å². The van der Waals surface area contributed by atoms with Gasteiger partial charge in [-0.25, -0.2) is 4.79 Å². The maximum atomic E-state index is 10.7. The van der Waals surface area contributed by atoms with Crippen LogP contribution in [-0.2, 0) is 0 Å². The van der Waals surface area contributed by atoms with Gasteiger partial charge in [0.1, 0.15) is 5.75 Å². The number of carbonyl (C=O) groups is 1. The Bertz CT molecular complexity index is 349. The third-order valence-electron chi connectivity index (χ3n) is 2.87. The van der Waals surface area contributed by atoms with Crippen molar-refractivity contribution in [3.63, 3.8) is 0 Å². The molecule has 0 unspecified atom stereocenters. The predicted molar refractivity (Wildman–Crippen MR) is 79.5 cm³/mol. The SMILES string of the molecule is CCCCCCCCOc1ccc(C(=O)O)cc1.Cl. The van der Waals surface area contributed by atoms with Crippen LogP contribution in [0.25, 0.3) is 0 Å². The molecule has 108 valence electrons. The summed E-state index contributed by atoms with van der Waals surface area (Å²) in [6.45, 7) is 2.92. The molecule has 0 saturated heterocycles. The fraction of sp³-hybridized carbons (Fsp3) is 0.533. The minimum absolute atomic E-state index is 0. The largest absolute Gasteiger partial charge is 0.494 e. The summed E-state index contributed by atoms with van der Waals surface area (Å²) in [7, 11) is 0. The molecule has 0 spiro atoms. The van der Waals surface area contributed by atoms with E-state index in [4.69, 9.17) is 9.84 Å². The molecule has 3 nitrogen and oxygen atoms in total. The first-order chi connectivity index (χ1) is 8.74. The molecule has 0 fully saturated rings. The van der Waals surface area contributed by atoms with Crippen molar-refractivity contribution in [2.45, 2.75) is 45.4 Å². The second-order valence-electron chi connectivity index (χ2n) is 4.45. The van der Waals surface area contributed by atoms with E-state index in [0.717, 1.165) is 12.2 Å². The smallest absolute Gasteiger partial charge is 0.335 e.